The van der Waals surface area contributed by atoms with Crippen LogP contribution in [-0.4, -0.2) is 38.3 Å². The molecular weight excluding hydrogens is 312 g/mol. The predicted molar refractivity (Wildman–Crippen MR) is 98.8 cm³/mol. The Morgan fingerprint density at radius 3 is 2.96 bits per heavy atom. The van der Waals surface area contributed by atoms with Gasteiger partial charge in [-0.05, 0) is 44.5 Å². The Morgan fingerprint density at radius 2 is 2.20 bits per heavy atom. The third-order valence-electron chi connectivity index (χ3n) is 5.20. The molecule has 1 unspecified atom stereocenters. The van der Waals surface area contributed by atoms with Gasteiger partial charge in [-0.25, -0.2) is 4.98 Å². The molecule has 5 heteroatoms. The minimum atomic E-state index is 0.126. The second kappa shape index (κ2) is 6.48. The molecule has 1 aliphatic rings. The van der Waals surface area contributed by atoms with Crippen LogP contribution in [-0.2, 0) is 13.6 Å². The van der Waals surface area contributed by atoms with Gasteiger partial charge in [0, 0.05) is 43.5 Å². The third kappa shape index (κ3) is 3.24. The highest BCUT2D eigenvalue weighted by molar-refractivity contribution is 5.94. The first-order valence-electron chi connectivity index (χ1n) is 8.93. The number of aryl methyl sites for hydroxylation is 1. The van der Waals surface area contributed by atoms with Crippen LogP contribution in [0.5, 0.6) is 0 Å². The molecule has 1 N–H and O–H groups in total. The van der Waals surface area contributed by atoms with Crippen molar-refractivity contribution in [2.45, 2.75) is 32.2 Å². The van der Waals surface area contributed by atoms with Crippen LogP contribution in [0.3, 0.4) is 0 Å². The number of rotatable bonds is 4. The highest BCUT2D eigenvalue weighted by Crippen LogP contribution is 2.27. The summed E-state index contributed by atoms with van der Waals surface area (Å²) in [6.07, 6.45) is 4.27. The number of Topliss-reactive ketones (excluding diaryl/α,β-unsaturated/α-hetero) is 1. The standard InChI is InChI=1S/C20H24N4O/c1-14(25)16-10-17(23(2)11-16)13-24-9-5-6-15(12-24)20-21-18-7-3-4-8-19(18)22-20/h3-4,7-8,10-11,15H,5-6,9,12-13H2,1-2H3,(H,21,22). The van der Waals surface area contributed by atoms with E-state index in [9.17, 15) is 4.79 Å². The maximum absolute atomic E-state index is 11.6. The van der Waals surface area contributed by atoms with Crippen LogP contribution < -0.4 is 0 Å². The summed E-state index contributed by atoms with van der Waals surface area (Å²) < 4.78 is 2.07. The molecule has 130 valence electrons. The zero-order valence-electron chi connectivity index (χ0n) is 14.8. The Bertz CT molecular complexity index is 874. The molecule has 1 atom stereocenters. The van der Waals surface area contributed by atoms with Gasteiger partial charge in [0.1, 0.15) is 5.82 Å². The van der Waals surface area contributed by atoms with Crippen LogP contribution in [0.1, 0.15) is 47.6 Å². The molecule has 2 aromatic heterocycles. The van der Waals surface area contributed by atoms with Gasteiger partial charge in [0.15, 0.2) is 5.78 Å². The summed E-state index contributed by atoms with van der Waals surface area (Å²) in [5.41, 5.74) is 4.14. The van der Waals surface area contributed by atoms with E-state index in [2.05, 4.69) is 26.6 Å². The Hall–Kier alpha value is -2.40. The molecule has 3 aromatic rings. The summed E-state index contributed by atoms with van der Waals surface area (Å²) in [5.74, 6) is 1.66. The minimum Gasteiger partial charge on any atom is -0.353 e. The van der Waals surface area contributed by atoms with Gasteiger partial charge in [0.25, 0.3) is 0 Å². The van der Waals surface area contributed by atoms with Gasteiger partial charge in [-0.3, -0.25) is 9.69 Å². The molecule has 4 rings (SSSR count). The van der Waals surface area contributed by atoms with Gasteiger partial charge in [-0.15, -0.1) is 0 Å². The fourth-order valence-electron chi connectivity index (χ4n) is 3.78. The van der Waals surface area contributed by atoms with Crippen LogP contribution in [0.2, 0.25) is 0 Å². The van der Waals surface area contributed by atoms with Crippen LogP contribution in [0.4, 0.5) is 0 Å². The molecule has 0 aliphatic carbocycles. The van der Waals surface area contributed by atoms with E-state index in [1.165, 1.54) is 18.5 Å². The Balaban J connectivity index is 1.50. The normalized spacial score (nSPS) is 18.7. The van der Waals surface area contributed by atoms with E-state index >= 15 is 0 Å². The molecule has 25 heavy (non-hydrogen) atoms. The molecule has 0 amide bonds. The fraction of sp³-hybridized carbons (Fsp3) is 0.400. The molecule has 1 saturated heterocycles. The van der Waals surface area contributed by atoms with Crippen LogP contribution in [0, 0.1) is 0 Å². The van der Waals surface area contributed by atoms with Gasteiger partial charge in [0.2, 0.25) is 0 Å². The summed E-state index contributed by atoms with van der Waals surface area (Å²) in [6.45, 7) is 4.59. The first kappa shape index (κ1) is 16.1. The van der Waals surface area contributed by atoms with Gasteiger partial charge in [-0.2, -0.15) is 0 Å². The number of nitrogens with zero attached hydrogens (tertiary/aromatic N) is 3. The Morgan fingerprint density at radius 1 is 1.36 bits per heavy atom. The summed E-state index contributed by atoms with van der Waals surface area (Å²) >= 11 is 0. The number of piperidine rings is 1. The molecule has 0 saturated carbocycles. The molecule has 0 radical (unpaired) electrons. The largest absolute Gasteiger partial charge is 0.353 e. The zero-order valence-corrected chi connectivity index (χ0v) is 14.8. The molecule has 0 bridgehead atoms. The number of imidazole rings is 1. The quantitative estimate of drug-likeness (QED) is 0.742. The smallest absolute Gasteiger partial charge is 0.161 e. The van der Waals surface area contributed by atoms with Crippen molar-refractivity contribution in [2.75, 3.05) is 13.1 Å². The Kier molecular flexibility index (Phi) is 4.17. The van der Waals surface area contributed by atoms with Crippen molar-refractivity contribution in [2.24, 2.45) is 7.05 Å². The summed E-state index contributed by atoms with van der Waals surface area (Å²) in [6, 6.07) is 10.2. The number of fused-ring (bicyclic) bond motifs is 1. The van der Waals surface area contributed by atoms with Gasteiger partial charge in [-0.1, -0.05) is 12.1 Å². The van der Waals surface area contributed by atoms with E-state index in [0.717, 1.165) is 42.1 Å². The van der Waals surface area contributed by atoms with Gasteiger partial charge in [0.05, 0.1) is 11.0 Å². The fourth-order valence-corrected chi connectivity index (χ4v) is 3.78. The van der Waals surface area contributed by atoms with E-state index in [-0.39, 0.29) is 5.78 Å². The number of benzene rings is 1. The van der Waals surface area contributed by atoms with Crippen molar-refractivity contribution in [1.29, 1.82) is 0 Å². The van der Waals surface area contributed by atoms with Gasteiger partial charge >= 0.3 is 0 Å². The number of carbonyl (C=O) groups excluding carboxylic acids is 1. The molecule has 5 nitrogen and oxygen atoms in total. The van der Waals surface area contributed by atoms with Crippen molar-refractivity contribution in [3.05, 3.63) is 53.6 Å². The van der Waals surface area contributed by atoms with Crippen molar-refractivity contribution in [3.8, 4) is 0 Å². The lowest BCUT2D eigenvalue weighted by Crippen LogP contribution is -2.34. The van der Waals surface area contributed by atoms with Crippen molar-refractivity contribution in [3.63, 3.8) is 0 Å². The van der Waals surface area contributed by atoms with Crippen molar-refractivity contribution < 1.29 is 4.79 Å². The zero-order chi connectivity index (χ0) is 17.4. The number of aromatic amines is 1. The first-order chi connectivity index (χ1) is 12.1. The summed E-state index contributed by atoms with van der Waals surface area (Å²) in [4.78, 5) is 22.3. The molecule has 0 spiro atoms. The Labute approximate surface area is 147 Å². The lowest BCUT2D eigenvalue weighted by molar-refractivity contribution is 0.101. The first-order valence-corrected chi connectivity index (χ1v) is 8.93. The summed E-state index contributed by atoms with van der Waals surface area (Å²) in [5, 5.41) is 0. The van der Waals surface area contributed by atoms with E-state index < -0.39 is 0 Å². The lowest BCUT2D eigenvalue weighted by Gasteiger charge is -2.31. The van der Waals surface area contributed by atoms with E-state index in [0.29, 0.717) is 5.92 Å². The SMILES string of the molecule is CC(=O)c1cc(CN2CCCC(c3nc4ccccc4[nH]3)C2)n(C)c1. The maximum atomic E-state index is 11.6. The maximum Gasteiger partial charge on any atom is 0.161 e. The number of nitrogens with one attached hydrogen (secondary N) is 1. The number of likely N-dealkylation sites (tertiary alicyclic amines) is 1. The summed E-state index contributed by atoms with van der Waals surface area (Å²) in [7, 11) is 2.02. The van der Waals surface area contributed by atoms with Crippen molar-refractivity contribution >= 4 is 16.8 Å². The van der Waals surface area contributed by atoms with Crippen LogP contribution in [0.15, 0.2) is 36.5 Å². The number of hydrogen-bond acceptors (Lipinski definition) is 3. The highest BCUT2D eigenvalue weighted by atomic mass is 16.1. The minimum absolute atomic E-state index is 0.126. The molecule has 3 heterocycles. The molecule has 1 aliphatic heterocycles. The van der Waals surface area contributed by atoms with E-state index in [1.807, 2.05) is 31.4 Å². The number of para-hydroxylation sites is 2. The lowest BCUT2D eigenvalue weighted by atomic mass is 9.97. The second-order valence-corrected chi connectivity index (χ2v) is 7.10. The van der Waals surface area contributed by atoms with E-state index in [4.69, 9.17) is 4.98 Å². The van der Waals surface area contributed by atoms with E-state index in [1.54, 1.807) is 6.92 Å². The topological polar surface area (TPSA) is 53.9 Å². The average Bonchev–Trinajstić information content (AvgIpc) is 3.19. The predicted octanol–water partition coefficient (Wildman–Crippen LogP) is 3.48. The van der Waals surface area contributed by atoms with Gasteiger partial charge < -0.3 is 9.55 Å². The molecule has 1 fully saturated rings. The number of carbonyl (C=O) groups is 1. The highest BCUT2D eigenvalue weighted by Gasteiger charge is 2.24. The van der Waals surface area contributed by atoms with Crippen LogP contribution >= 0.6 is 0 Å². The van der Waals surface area contributed by atoms with Crippen LogP contribution in [0.25, 0.3) is 11.0 Å². The number of ketones is 1. The average molecular weight is 336 g/mol. The number of hydrogen-bond donors (Lipinski definition) is 1. The number of H-pyrrole nitrogens is 1. The second-order valence-electron chi connectivity index (χ2n) is 7.10. The molecular formula is C20H24N4O. The van der Waals surface area contributed by atoms with Crippen molar-refractivity contribution in [1.82, 2.24) is 19.4 Å². The number of aromatic nitrogens is 3. The monoisotopic (exact) mass is 336 g/mol. The third-order valence-corrected chi connectivity index (χ3v) is 5.20. The molecule has 1 aromatic carbocycles.